The second kappa shape index (κ2) is 11.0. The Labute approximate surface area is 183 Å². The zero-order chi connectivity index (χ0) is 22.2. The molecule has 0 saturated carbocycles. The van der Waals surface area contributed by atoms with Crippen molar-refractivity contribution in [2.24, 2.45) is 5.92 Å². The summed E-state index contributed by atoms with van der Waals surface area (Å²) in [7, 11) is 0. The zero-order valence-electron chi connectivity index (χ0n) is 18.8. The summed E-state index contributed by atoms with van der Waals surface area (Å²) < 4.78 is 2.02. The van der Waals surface area contributed by atoms with Crippen molar-refractivity contribution in [2.45, 2.75) is 59.3 Å². The molecular weight excluding hydrogens is 392 g/mol. The van der Waals surface area contributed by atoms with E-state index in [4.69, 9.17) is 10.1 Å². The number of anilines is 2. The first-order valence-corrected chi connectivity index (χ1v) is 11.3. The molecule has 0 spiro atoms. The summed E-state index contributed by atoms with van der Waals surface area (Å²) in [5, 5.41) is 24.3. The van der Waals surface area contributed by atoms with Crippen LogP contribution in [-0.4, -0.2) is 50.2 Å². The first-order chi connectivity index (χ1) is 15.0. The quantitative estimate of drug-likeness (QED) is 0.355. The molecule has 0 aliphatic carbocycles. The number of aromatic nitrogens is 4. The number of hydrogen-bond acceptors (Lipinski definition) is 7. The predicted octanol–water partition coefficient (Wildman–Crippen LogP) is 3.97. The number of carbonyl (C=O) groups is 1. The maximum Gasteiger partial charge on any atom is 0.204 e. The number of carbonyl (C=O) groups excluding carboxylic acids is 1. The molecule has 0 saturated heterocycles. The third-order valence-electron chi connectivity index (χ3n) is 5.21. The molecule has 2 heterocycles. The van der Waals surface area contributed by atoms with Crippen molar-refractivity contribution in [2.75, 3.05) is 30.3 Å². The van der Waals surface area contributed by atoms with E-state index in [1.54, 1.807) is 0 Å². The Morgan fingerprint density at radius 3 is 2.68 bits per heavy atom. The van der Waals surface area contributed by atoms with Gasteiger partial charge < -0.3 is 15.7 Å². The summed E-state index contributed by atoms with van der Waals surface area (Å²) in [6.07, 6.45) is 4.96. The number of rotatable bonds is 13. The smallest absolute Gasteiger partial charge is 0.204 e. The third-order valence-corrected chi connectivity index (χ3v) is 5.21. The summed E-state index contributed by atoms with van der Waals surface area (Å²) in [5.41, 5.74) is 3.50. The van der Waals surface area contributed by atoms with Gasteiger partial charge in [-0.3, -0.25) is 9.20 Å². The predicted molar refractivity (Wildman–Crippen MR) is 125 cm³/mol. The van der Waals surface area contributed by atoms with Crippen LogP contribution in [0.25, 0.3) is 16.7 Å². The van der Waals surface area contributed by atoms with Gasteiger partial charge in [-0.05, 0) is 50.3 Å². The highest BCUT2D eigenvalue weighted by Crippen LogP contribution is 2.24. The van der Waals surface area contributed by atoms with Gasteiger partial charge in [-0.1, -0.05) is 20.3 Å². The molecule has 0 unspecified atom stereocenters. The molecular formula is C23H34N6O2. The van der Waals surface area contributed by atoms with Crippen molar-refractivity contribution in [3.05, 3.63) is 24.0 Å². The lowest BCUT2D eigenvalue weighted by atomic mass is 10.0. The van der Waals surface area contributed by atoms with E-state index in [0.29, 0.717) is 37.5 Å². The van der Waals surface area contributed by atoms with E-state index in [0.717, 1.165) is 59.8 Å². The highest BCUT2D eigenvalue weighted by Gasteiger charge is 2.13. The van der Waals surface area contributed by atoms with Crippen molar-refractivity contribution in [3.8, 4) is 0 Å². The Bertz CT molecular complexity index is 1010. The number of ketones is 1. The molecule has 0 bridgehead atoms. The van der Waals surface area contributed by atoms with Crippen LogP contribution in [0.4, 0.5) is 11.5 Å². The van der Waals surface area contributed by atoms with E-state index in [9.17, 15) is 4.79 Å². The number of aliphatic hydroxyl groups excluding tert-OH is 1. The maximum atomic E-state index is 11.8. The molecule has 168 valence electrons. The molecule has 0 aliphatic rings. The second-order valence-corrected chi connectivity index (χ2v) is 8.45. The Balaban J connectivity index is 1.65. The number of unbranched alkanes of at least 4 members (excludes halogenated alkanes) is 2. The standard InChI is InChI=1S/C23H34N6O2/c1-16(2)14-19(31)8-5-4-6-11-25-22-23-28-27-17(3)29(23)21-10-9-18(15-20(21)26-22)24-12-7-13-30/h9-10,15-16,24,30H,4-8,11-14H2,1-3H3,(H,25,26). The molecule has 31 heavy (non-hydrogen) atoms. The fraction of sp³-hybridized carbons (Fsp3) is 0.565. The van der Waals surface area contributed by atoms with E-state index in [1.807, 2.05) is 29.5 Å². The molecule has 8 nitrogen and oxygen atoms in total. The minimum Gasteiger partial charge on any atom is -0.396 e. The number of fused-ring (bicyclic) bond motifs is 3. The van der Waals surface area contributed by atoms with Gasteiger partial charge in [0.2, 0.25) is 5.65 Å². The fourth-order valence-corrected chi connectivity index (χ4v) is 3.71. The van der Waals surface area contributed by atoms with Gasteiger partial charge in [0.15, 0.2) is 5.82 Å². The molecule has 8 heteroatoms. The number of aryl methyl sites for hydroxylation is 1. The lowest BCUT2D eigenvalue weighted by Gasteiger charge is -2.11. The van der Waals surface area contributed by atoms with Crippen molar-refractivity contribution in [1.29, 1.82) is 0 Å². The Hall–Kier alpha value is -2.74. The number of hydrogen-bond donors (Lipinski definition) is 3. The molecule has 0 atom stereocenters. The van der Waals surface area contributed by atoms with Gasteiger partial charge in [0.05, 0.1) is 11.0 Å². The van der Waals surface area contributed by atoms with Crippen LogP contribution in [0.3, 0.4) is 0 Å². The molecule has 0 amide bonds. The average Bonchev–Trinajstić information content (AvgIpc) is 3.12. The van der Waals surface area contributed by atoms with Gasteiger partial charge in [-0.2, -0.15) is 0 Å². The van der Waals surface area contributed by atoms with E-state index in [-0.39, 0.29) is 6.61 Å². The van der Waals surface area contributed by atoms with Crippen LogP contribution >= 0.6 is 0 Å². The van der Waals surface area contributed by atoms with Gasteiger partial charge in [0.1, 0.15) is 11.6 Å². The van der Waals surface area contributed by atoms with Crippen molar-refractivity contribution >= 4 is 34.0 Å². The lowest BCUT2D eigenvalue weighted by Crippen LogP contribution is -2.08. The topological polar surface area (TPSA) is 104 Å². The Morgan fingerprint density at radius 1 is 1.10 bits per heavy atom. The average molecular weight is 427 g/mol. The Morgan fingerprint density at radius 2 is 1.90 bits per heavy atom. The molecule has 0 radical (unpaired) electrons. The van der Waals surface area contributed by atoms with Crippen LogP contribution in [0, 0.1) is 12.8 Å². The molecule has 3 rings (SSSR count). The first kappa shape index (κ1) is 22.9. The van der Waals surface area contributed by atoms with E-state index >= 15 is 0 Å². The van der Waals surface area contributed by atoms with Crippen molar-refractivity contribution in [1.82, 2.24) is 19.6 Å². The number of aliphatic hydroxyl groups is 1. The van der Waals surface area contributed by atoms with E-state index in [1.165, 1.54) is 0 Å². The summed E-state index contributed by atoms with van der Waals surface area (Å²) in [4.78, 5) is 16.6. The molecule has 2 aromatic heterocycles. The van der Waals surface area contributed by atoms with Gasteiger partial charge >= 0.3 is 0 Å². The van der Waals surface area contributed by atoms with Crippen molar-refractivity contribution < 1.29 is 9.90 Å². The largest absolute Gasteiger partial charge is 0.396 e. The molecule has 3 aromatic rings. The van der Waals surface area contributed by atoms with Gasteiger partial charge in [-0.25, -0.2) is 4.98 Å². The number of nitrogens with one attached hydrogen (secondary N) is 2. The monoisotopic (exact) mass is 426 g/mol. The van der Waals surface area contributed by atoms with Gasteiger partial charge in [0.25, 0.3) is 0 Å². The van der Waals surface area contributed by atoms with Gasteiger partial charge in [0, 0.05) is 38.2 Å². The maximum absolute atomic E-state index is 11.8. The van der Waals surface area contributed by atoms with Crippen LogP contribution < -0.4 is 10.6 Å². The van der Waals surface area contributed by atoms with E-state index < -0.39 is 0 Å². The second-order valence-electron chi connectivity index (χ2n) is 8.45. The molecule has 0 fully saturated rings. The number of nitrogens with zero attached hydrogens (tertiary/aromatic N) is 4. The molecule has 1 aromatic carbocycles. The van der Waals surface area contributed by atoms with Crippen LogP contribution in [0.5, 0.6) is 0 Å². The van der Waals surface area contributed by atoms with Crippen LogP contribution in [0.2, 0.25) is 0 Å². The number of Topliss-reactive ketones (excluding diaryl/α,β-unsaturated/α-hetero) is 1. The highest BCUT2D eigenvalue weighted by atomic mass is 16.3. The highest BCUT2D eigenvalue weighted by molar-refractivity contribution is 5.85. The summed E-state index contributed by atoms with van der Waals surface area (Å²) in [6, 6.07) is 6.04. The number of benzene rings is 1. The molecule has 0 aliphatic heterocycles. The fourth-order valence-electron chi connectivity index (χ4n) is 3.71. The summed E-state index contributed by atoms with van der Waals surface area (Å²) in [5.74, 6) is 2.34. The Kier molecular flexibility index (Phi) is 8.17. The normalized spacial score (nSPS) is 11.5. The lowest BCUT2D eigenvalue weighted by molar-refractivity contribution is -0.119. The van der Waals surface area contributed by atoms with Crippen LogP contribution in [0.15, 0.2) is 18.2 Å². The first-order valence-electron chi connectivity index (χ1n) is 11.3. The minimum atomic E-state index is 0.166. The third kappa shape index (κ3) is 6.13. The SMILES string of the molecule is Cc1nnc2c(NCCCCCC(=O)CC(C)C)nc3cc(NCCCO)ccc3n12. The van der Waals surface area contributed by atoms with Gasteiger partial charge in [-0.15, -0.1) is 10.2 Å². The van der Waals surface area contributed by atoms with Crippen molar-refractivity contribution in [3.63, 3.8) is 0 Å². The molecule has 3 N–H and O–H groups in total. The minimum absolute atomic E-state index is 0.166. The van der Waals surface area contributed by atoms with E-state index in [2.05, 4.69) is 34.7 Å². The summed E-state index contributed by atoms with van der Waals surface area (Å²) in [6.45, 7) is 7.75. The van der Waals surface area contributed by atoms with Crippen LogP contribution in [0.1, 0.15) is 58.2 Å². The van der Waals surface area contributed by atoms with Crippen LogP contribution in [-0.2, 0) is 4.79 Å². The summed E-state index contributed by atoms with van der Waals surface area (Å²) >= 11 is 0. The zero-order valence-corrected chi connectivity index (χ0v) is 18.8.